The summed E-state index contributed by atoms with van der Waals surface area (Å²) in [6.07, 6.45) is 0.995. The smallest absolute Gasteiger partial charge is 0.322 e. The van der Waals surface area contributed by atoms with Crippen molar-refractivity contribution in [1.82, 2.24) is 4.90 Å². The molecule has 1 N–H and O–H groups in total. The number of urea groups is 1. The number of hydrogen-bond donors (Lipinski definition) is 1. The highest BCUT2D eigenvalue weighted by Crippen LogP contribution is 2.22. The normalized spacial score (nSPS) is 11.6. The number of benzene rings is 1. The number of hydrogen-bond acceptors (Lipinski definition) is 3. The first-order valence-corrected chi connectivity index (χ1v) is 7.67. The van der Waals surface area contributed by atoms with E-state index < -0.39 is 0 Å². The van der Waals surface area contributed by atoms with Crippen molar-refractivity contribution in [3.63, 3.8) is 0 Å². The molecule has 0 spiro atoms. The highest BCUT2D eigenvalue weighted by atomic mass is 79.9. The number of para-hydroxylation sites is 1. The van der Waals surface area contributed by atoms with Crippen LogP contribution in [0.25, 0.3) is 0 Å². The average molecular weight is 357 g/mol. The predicted octanol–water partition coefficient (Wildman–Crippen LogP) is 3.64. The van der Waals surface area contributed by atoms with Crippen molar-refractivity contribution in [2.75, 3.05) is 19.0 Å². The Morgan fingerprint density at radius 3 is 2.62 bits per heavy atom. The third-order valence-corrected chi connectivity index (χ3v) is 3.98. The van der Waals surface area contributed by atoms with Crippen molar-refractivity contribution >= 4 is 33.6 Å². The van der Waals surface area contributed by atoms with E-state index in [1.54, 1.807) is 4.90 Å². The predicted molar refractivity (Wildman–Crippen MR) is 86.3 cm³/mol. The zero-order valence-corrected chi connectivity index (χ0v) is 14.1. The molecule has 0 aromatic heterocycles. The molecule has 21 heavy (non-hydrogen) atoms. The fraction of sp³-hybridized carbons (Fsp3) is 0.467. The molecule has 1 unspecified atom stereocenters. The van der Waals surface area contributed by atoms with Crippen molar-refractivity contribution in [1.29, 1.82) is 0 Å². The first-order valence-electron chi connectivity index (χ1n) is 6.88. The van der Waals surface area contributed by atoms with Crippen molar-refractivity contribution in [3.8, 4) is 0 Å². The lowest BCUT2D eigenvalue weighted by molar-refractivity contribution is -0.140. The Morgan fingerprint density at radius 1 is 1.38 bits per heavy atom. The van der Waals surface area contributed by atoms with Crippen molar-refractivity contribution < 1.29 is 14.3 Å². The first kappa shape index (κ1) is 17.5. The fourth-order valence-corrected chi connectivity index (χ4v) is 2.19. The fourth-order valence-electron chi connectivity index (χ4n) is 1.81. The molecular formula is C15H21BrN2O3. The molecule has 0 saturated carbocycles. The molecule has 1 atom stereocenters. The molecule has 116 valence electrons. The molecule has 0 aliphatic heterocycles. The van der Waals surface area contributed by atoms with E-state index in [-0.39, 0.29) is 24.5 Å². The van der Waals surface area contributed by atoms with Crippen molar-refractivity contribution in [2.45, 2.75) is 32.7 Å². The van der Waals surface area contributed by atoms with Gasteiger partial charge in [-0.05, 0) is 41.4 Å². The second-order valence-electron chi connectivity index (χ2n) is 4.69. The average Bonchev–Trinajstić information content (AvgIpc) is 2.49. The van der Waals surface area contributed by atoms with Crippen LogP contribution in [0, 0.1) is 0 Å². The summed E-state index contributed by atoms with van der Waals surface area (Å²) in [5, 5.41) is 2.86. The van der Waals surface area contributed by atoms with E-state index in [4.69, 9.17) is 0 Å². The molecule has 0 heterocycles. The molecule has 1 aromatic rings. The number of rotatable bonds is 6. The van der Waals surface area contributed by atoms with Gasteiger partial charge in [0.2, 0.25) is 0 Å². The Kier molecular flexibility index (Phi) is 7.22. The van der Waals surface area contributed by atoms with E-state index in [1.807, 2.05) is 38.1 Å². The zero-order valence-electron chi connectivity index (χ0n) is 12.6. The summed E-state index contributed by atoms with van der Waals surface area (Å²) >= 11 is 3.39. The summed E-state index contributed by atoms with van der Waals surface area (Å²) in [4.78, 5) is 25.3. The lowest BCUT2D eigenvalue weighted by Gasteiger charge is -2.28. The van der Waals surface area contributed by atoms with Crippen LogP contribution in [-0.4, -0.2) is 36.6 Å². The van der Waals surface area contributed by atoms with Gasteiger partial charge in [0.05, 0.1) is 19.2 Å². The Balaban J connectivity index is 2.75. The van der Waals surface area contributed by atoms with Gasteiger partial charge in [-0.3, -0.25) is 4.79 Å². The number of ether oxygens (including phenoxy) is 1. The van der Waals surface area contributed by atoms with Crippen LogP contribution < -0.4 is 5.32 Å². The van der Waals surface area contributed by atoms with Crippen LogP contribution >= 0.6 is 15.9 Å². The highest BCUT2D eigenvalue weighted by molar-refractivity contribution is 9.10. The number of carbonyl (C=O) groups is 2. The zero-order chi connectivity index (χ0) is 15.8. The molecule has 2 amide bonds. The van der Waals surface area contributed by atoms with Crippen LogP contribution in [0.15, 0.2) is 28.7 Å². The minimum absolute atomic E-state index is 0.0390. The van der Waals surface area contributed by atoms with Crippen molar-refractivity contribution in [3.05, 3.63) is 28.7 Å². The molecule has 5 nitrogen and oxygen atoms in total. The van der Waals surface area contributed by atoms with E-state index in [0.29, 0.717) is 12.2 Å². The van der Waals surface area contributed by atoms with Crippen LogP contribution in [-0.2, 0) is 9.53 Å². The van der Waals surface area contributed by atoms with Gasteiger partial charge in [-0.15, -0.1) is 0 Å². The molecule has 0 fully saturated rings. The number of esters is 1. The quantitative estimate of drug-likeness (QED) is 0.791. The second-order valence-corrected chi connectivity index (χ2v) is 5.54. The Labute approximate surface area is 133 Å². The standard InChI is InChI=1S/C15H21BrN2O3/c1-4-11(2)18(10-9-14(19)21-3)15(20)17-13-8-6-5-7-12(13)16/h5-8,11H,4,9-10H2,1-3H3,(H,17,20). The van der Waals surface area contributed by atoms with Crippen molar-refractivity contribution in [2.24, 2.45) is 0 Å². The van der Waals surface area contributed by atoms with E-state index in [2.05, 4.69) is 26.0 Å². The van der Waals surface area contributed by atoms with Gasteiger partial charge in [0.15, 0.2) is 0 Å². The number of nitrogens with zero attached hydrogens (tertiary/aromatic N) is 1. The SMILES string of the molecule is CCC(C)N(CCC(=O)OC)C(=O)Nc1ccccc1Br. The van der Waals surface area contributed by atoms with E-state index in [1.165, 1.54) is 7.11 Å². The van der Waals surface area contributed by atoms with Gasteiger partial charge in [-0.1, -0.05) is 19.1 Å². The molecule has 1 aromatic carbocycles. The Bertz CT molecular complexity index is 494. The van der Waals surface area contributed by atoms with Gasteiger partial charge in [0.25, 0.3) is 0 Å². The van der Waals surface area contributed by atoms with E-state index >= 15 is 0 Å². The molecule has 0 aliphatic rings. The highest BCUT2D eigenvalue weighted by Gasteiger charge is 2.20. The largest absolute Gasteiger partial charge is 0.469 e. The number of nitrogens with one attached hydrogen (secondary N) is 1. The van der Waals surface area contributed by atoms with Crippen LogP contribution in [0.4, 0.5) is 10.5 Å². The lowest BCUT2D eigenvalue weighted by atomic mass is 10.2. The molecular weight excluding hydrogens is 336 g/mol. The van der Waals surface area contributed by atoms with Gasteiger partial charge in [0.1, 0.15) is 0 Å². The summed E-state index contributed by atoms with van der Waals surface area (Å²) < 4.78 is 5.44. The Morgan fingerprint density at radius 2 is 2.05 bits per heavy atom. The molecule has 0 radical (unpaired) electrons. The minimum atomic E-state index is -0.322. The number of carbonyl (C=O) groups excluding carboxylic acids is 2. The summed E-state index contributed by atoms with van der Waals surface area (Å²) in [5.41, 5.74) is 0.703. The van der Waals surface area contributed by atoms with Gasteiger partial charge < -0.3 is 15.0 Å². The van der Waals surface area contributed by atoms with Gasteiger partial charge in [-0.25, -0.2) is 4.79 Å². The molecule has 0 bridgehead atoms. The van der Waals surface area contributed by atoms with E-state index in [9.17, 15) is 9.59 Å². The maximum Gasteiger partial charge on any atom is 0.322 e. The van der Waals surface area contributed by atoms with Gasteiger partial charge in [0, 0.05) is 17.1 Å². The molecule has 0 aliphatic carbocycles. The van der Waals surface area contributed by atoms with Crippen LogP contribution in [0.1, 0.15) is 26.7 Å². The Hall–Kier alpha value is -1.56. The van der Waals surface area contributed by atoms with Gasteiger partial charge >= 0.3 is 12.0 Å². The summed E-state index contributed by atoms with van der Waals surface area (Å²) in [6.45, 7) is 4.29. The summed E-state index contributed by atoms with van der Waals surface area (Å²) in [6, 6.07) is 7.22. The third-order valence-electron chi connectivity index (χ3n) is 3.28. The topological polar surface area (TPSA) is 58.6 Å². The molecule has 1 rings (SSSR count). The van der Waals surface area contributed by atoms with E-state index in [0.717, 1.165) is 10.9 Å². The minimum Gasteiger partial charge on any atom is -0.469 e. The third kappa shape index (κ3) is 5.38. The second kappa shape index (κ2) is 8.67. The number of methoxy groups -OCH3 is 1. The number of anilines is 1. The van der Waals surface area contributed by atoms with Crippen LogP contribution in [0.5, 0.6) is 0 Å². The maximum absolute atomic E-state index is 12.4. The first-order chi connectivity index (χ1) is 9.99. The molecule has 0 saturated heterocycles. The number of halogens is 1. The summed E-state index contributed by atoms with van der Waals surface area (Å²) in [5.74, 6) is -0.322. The van der Waals surface area contributed by atoms with Gasteiger partial charge in [-0.2, -0.15) is 0 Å². The maximum atomic E-state index is 12.4. The van der Waals surface area contributed by atoms with Crippen LogP contribution in [0.3, 0.4) is 0 Å². The monoisotopic (exact) mass is 356 g/mol. The number of amides is 2. The van der Waals surface area contributed by atoms with Crippen LogP contribution in [0.2, 0.25) is 0 Å². The molecule has 6 heteroatoms. The lowest BCUT2D eigenvalue weighted by Crippen LogP contribution is -2.42. The summed E-state index contributed by atoms with van der Waals surface area (Å²) in [7, 11) is 1.34.